The SMILES string of the molecule is CCNc1nc(NCc2nccn2C)nc(OC)n1. The Balaban J connectivity index is 2.10. The van der Waals surface area contributed by atoms with Crippen molar-refractivity contribution in [1.82, 2.24) is 24.5 Å². The first-order valence-electron chi connectivity index (χ1n) is 5.97. The lowest BCUT2D eigenvalue weighted by Gasteiger charge is -2.08. The number of methoxy groups -OCH3 is 1. The van der Waals surface area contributed by atoms with Gasteiger partial charge >= 0.3 is 6.01 Å². The number of rotatable bonds is 6. The van der Waals surface area contributed by atoms with Gasteiger partial charge < -0.3 is 19.9 Å². The molecule has 0 spiro atoms. The average molecular weight is 263 g/mol. The summed E-state index contributed by atoms with van der Waals surface area (Å²) in [4.78, 5) is 16.7. The van der Waals surface area contributed by atoms with Gasteiger partial charge in [0.1, 0.15) is 5.82 Å². The van der Waals surface area contributed by atoms with Gasteiger partial charge in [0.2, 0.25) is 11.9 Å². The summed E-state index contributed by atoms with van der Waals surface area (Å²) >= 11 is 0. The highest BCUT2D eigenvalue weighted by molar-refractivity contribution is 5.35. The number of imidazole rings is 1. The maximum absolute atomic E-state index is 5.04. The first-order valence-corrected chi connectivity index (χ1v) is 5.97. The number of anilines is 2. The number of aromatic nitrogens is 5. The van der Waals surface area contributed by atoms with Crippen LogP contribution >= 0.6 is 0 Å². The van der Waals surface area contributed by atoms with Crippen LogP contribution in [0.2, 0.25) is 0 Å². The van der Waals surface area contributed by atoms with Gasteiger partial charge in [0, 0.05) is 26.0 Å². The van der Waals surface area contributed by atoms with Crippen molar-refractivity contribution in [2.75, 3.05) is 24.3 Å². The maximum Gasteiger partial charge on any atom is 0.322 e. The Morgan fingerprint density at radius 3 is 2.53 bits per heavy atom. The quantitative estimate of drug-likeness (QED) is 0.791. The van der Waals surface area contributed by atoms with Crippen LogP contribution in [0.4, 0.5) is 11.9 Å². The molecule has 0 aliphatic rings. The molecule has 0 radical (unpaired) electrons. The first-order chi connectivity index (χ1) is 9.22. The number of hydrogen-bond acceptors (Lipinski definition) is 7. The Labute approximate surface area is 111 Å². The van der Waals surface area contributed by atoms with Crippen LogP contribution < -0.4 is 15.4 Å². The number of ether oxygens (including phenoxy) is 1. The van der Waals surface area contributed by atoms with E-state index in [1.807, 2.05) is 24.7 Å². The summed E-state index contributed by atoms with van der Waals surface area (Å²) in [5, 5.41) is 6.12. The third-order valence-corrected chi connectivity index (χ3v) is 2.46. The van der Waals surface area contributed by atoms with Crippen molar-refractivity contribution in [3.05, 3.63) is 18.2 Å². The Kier molecular flexibility index (Phi) is 4.11. The summed E-state index contributed by atoms with van der Waals surface area (Å²) in [6, 6.07) is 0.272. The van der Waals surface area contributed by atoms with Crippen LogP contribution in [0.15, 0.2) is 12.4 Å². The Morgan fingerprint density at radius 2 is 1.95 bits per heavy atom. The molecule has 0 aliphatic carbocycles. The van der Waals surface area contributed by atoms with Crippen molar-refractivity contribution in [2.24, 2.45) is 7.05 Å². The second kappa shape index (κ2) is 5.98. The van der Waals surface area contributed by atoms with Gasteiger partial charge in [-0.1, -0.05) is 0 Å². The summed E-state index contributed by atoms with van der Waals surface area (Å²) in [6.07, 6.45) is 3.63. The molecule has 8 nitrogen and oxygen atoms in total. The summed E-state index contributed by atoms with van der Waals surface area (Å²) in [5.74, 6) is 1.83. The maximum atomic E-state index is 5.04. The molecule has 0 amide bonds. The van der Waals surface area contributed by atoms with Crippen LogP contribution in [0.1, 0.15) is 12.7 Å². The highest BCUT2D eigenvalue weighted by Gasteiger charge is 2.07. The molecule has 102 valence electrons. The van der Waals surface area contributed by atoms with E-state index < -0.39 is 0 Å². The highest BCUT2D eigenvalue weighted by Crippen LogP contribution is 2.11. The zero-order chi connectivity index (χ0) is 13.7. The molecule has 19 heavy (non-hydrogen) atoms. The highest BCUT2D eigenvalue weighted by atomic mass is 16.5. The van der Waals surface area contributed by atoms with Crippen LogP contribution in [0.5, 0.6) is 6.01 Å². The van der Waals surface area contributed by atoms with E-state index in [1.165, 1.54) is 7.11 Å². The molecule has 2 rings (SSSR count). The van der Waals surface area contributed by atoms with E-state index in [0.717, 1.165) is 12.4 Å². The third-order valence-electron chi connectivity index (χ3n) is 2.46. The van der Waals surface area contributed by atoms with Gasteiger partial charge in [0.15, 0.2) is 0 Å². The summed E-state index contributed by atoms with van der Waals surface area (Å²) in [7, 11) is 3.45. The molecule has 0 bridgehead atoms. The van der Waals surface area contributed by atoms with Crippen LogP contribution in [-0.4, -0.2) is 38.2 Å². The fraction of sp³-hybridized carbons (Fsp3) is 0.455. The van der Waals surface area contributed by atoms with Crippen molar-refractivity contribution in [3.8, 4) is 6.01 Å². The number of nitrogens with zero attached hydrogens (tertiary/aromatic N) is 5. The summed E-state index contributed by atoms with van der Waals surface area (Å²) in [6.45, 7) is 3.23. The van der Waals surface area contributed by atoms with Gasteiger partial charge in [-0.3, -0.25) is 0 Å². The zero-order valence-corrected chi connectivity index (χ0v) is 11.2. The first kappa shape index (κ1) is 13.1. The minimum atomic E-state index is 0.272. The summed E-state index contributed by atoms with van der Waals surface area (Å²) < 4.78 is 6.97. The predicted octanol–water partition coefficient (Wildman–Crippen LogP) is 0.658. The second-order valence-electron chi connectivity index (χ2n) is 3.81. The zero-order valence-electron chi connectivity index (χ0n) is 11.2. The normalized spacial score (nSPS) is 10.3. The van der Waals surface area contributed by atoms with Crippen molar-refractivity contribution in [2.45, 2.75) is 13.5 Å². The molecule has 2 aromatic heterocycles. The molecule has 0 aliphatic heterocycles. The fourth-order valence-corrected chi connectivity index (χ4v) is 1.49. The van der Waals surface area contributed by atoms with Gasteiger partial charge in [0.05, 0.1) is 13.7 Å². The Morgan fingerprint density at radius 1 is 1.21 bits per heavy atom. The van der Waals surface area contributed by atoms with E-state index in [9.17, 15) is 0 Å². The second-order valence-corrected chi connectivity index (χ2v) is 3.81. The summed E-state index contributed by atoms with van der Waals surface area (Å²) in [5.41, 5.74) is 0. The van der Waals surface area contributed by atoms with Gasteiger partial charge in [-0.05, 0) is 6.92 Å². The average Bonchev–Trinajstić information content (AvgIpc) is 2.82. The van der Waals surface area contributed by atoms with Crippen LogP contribution in [0.3, 0.4) is 0 Å². The third kappa shape index (κ3) is 3.30. The minimum absolute atomic E-state index is 0.272. The van der Waals surface area contributed by atoms with Gasteiger partial charge in [0.25, 0.3) is 0 Å². The lowest BCUT2D eigenvalue weighted by molar-refractivity contribution is 0.379. The van der Waals surface area contributed by atoms with Crippen molar-refractivity contribution in [3.63, 3.8) is 0 Å². The van der Waals surface area contributed by atoms with E-state index in [0.29, 0.717) is 18.4 Å². The lowest BCUT2D eigenvalue weighted by atomic mass is 10.6. The molecule has 0 unspecified atom stereocenters. The fourth-order valence-electron chi connectivity index (χ4n) is 1.49. The molecule has 0 saturated heterocycles. The monoisotopic (exact) mass is 263 g/mol. The molecule has 2 N–H and O–H groups in total. The molecule has 2 aromatic rings. The van der Waals surface area contributed by atoms with Crippen LogP contribution in [0.25, 0.3) is 0 Å². The largest absolute Gasteiger partial charge is 0.467 e. The smallest absolute Gasteiger partial charge is 0.322 e. The van der Waals surface area contributed by atoms with Gasteiger partial charge in [-0.25, -0.2) is 4.98 Å². The molecular formula is C11H17N7O. The van der Waals surface area contributed by atoms with E-state index in [-0.39, 0.29) is 6.01 Å². The standard InChI is InChI=1S/C11H17N7O/c1-4-12-9-15-10(17-11(16-9)19-3)14-7-8-13-5-6-18(8)2/h5-6H,4,7H2,1-3H3,(H2,12,14,15,16,17). The topological polar surface area (TPSA) is 89.8 Å². The van der Waals surface area contributed by atoms with Crippen molar-refractivity contribution in [1.29, 1.82) is 0 Å². The number of aryl methyl sites for hydroxylation is 1. The van der Waals surface area contributed by atoms with E-state index >= 15 is 0 Å². The predicted molar refractivity (Wildman–Crippen MR) is 71.1 cm³/mol. The van der Waals surface area contributed by atoms with Gasteiger partial charge in [-0.2, -0.15) is 15.0 Å². The molecule has 0 atom stereocenters. The molecule has 2 heterocycles. The number of nitrogens with one attached hydrogen (secondary N) is 2. The van der Waals surface area contributed by atoms with Crippen molar-refractivity contribution >= 4 is 11.9 Å². The molecule has 8 heteroatoms. The van der Waals surface area contributed by atoms with Gasteiger partial charge in [-0.15, -0.1) is 0 Å². The van der Waals surface area contributed by atoms with Crippen molar-refractivity contribution < 1.29 is 4.74 Å². The number of hydrogen-bond donors (Lipinski definition) is 2. The van der Waals surface area contributed by atoms with Crippen LogP contribution in [0, 0.1) is 0 Å². The molecule has 0 saturated carbocycles. The Bertz CT molecular complexity index is 540. The lowest BCUT2D eigenvalue weighted by Crippen LogP contribution is -2.11. The van der Waals surface area contributed by atoms with E-state index in [4.69, 9.17) is 4.74 Å². The Hall–Kier alpha value is -2.38. The van der Waals surface area contributed by atoms with E-state index in [2.05, 4.69) is 30.6 Å². The minimum Gasteiger partial charge on any atom is -0.467 e. The molecule has 0 aromatic carbocycles. The molecule has 0 fully saturated rings. The molecular weight excluding hydrogens is 246 g/mol. The van der Waals surface area contributed by atoms with E-state index in [1.54, 1.807) is 6.20 Å². The van der Waals surface area contributed by atoms with Crippen LogP contribution in [-0.2, 0) is 13.6 Å².